The van der Waals surface area contributed by atoms with E-state index >= 15 is 0 Å². The van der Waals surface area contributed by atoms with E-state index < -0.39 is 0 Å². The zero-order chi connectivity index (χ0) is 16.1. The van der Waals surface area contributed by atoms with Gasteiger partial charge < -0.3 is 5.32 Å². The van der Waals surface area contributed by atoms with Crippen molar-refractivity contribution in [3.63, 3.8) is 0 Å². The van der Waals surface area contributed by atoms with Crippen LogP contribution in [-0.2, 0) is 5.75 Å². The average molecular weight is 325 g/mol. The van der Waals surface area contributed by atoms with E-state index in [0.29, 0.717) is 11.3 Å². The van der Waals surface area contributed by atoms with Crippen LogP contribution >= 0.6 is 11.8 Å². The minimum absolute atomic E-state index is 0.101. The number of hydrogen-bond acceptors (Lipinski definition) is 5. The van der Waals surface area contributed by atoms with Crippen LogP contribution in [0.25, 0.3) is 5.69 Å². The summed E-state index contributed by atoms with van der Waals surface area (Å²) in [5, 5.41) is 14.5. The SMILES string of the molecule is CNC(=O)c1ccccc1SCc1nnnn1-c1ccccc1. The topological polar surface area (TPSA) is 72.7 Å². The molecule has 23 heavy (non-hydrogen) atoms. The van der Waals surface area contributed by atoms with Gasteiger partial charge in [0, 0.05) is 11.9 Å². The van der Waals surface area contributed by atoms with Gasteiger partial charge in [0.2, 0.25) is 0 Å². The first-order valence-corrected chi connectivity index (χ1v) is 8.04. The van der Waals surface area contributed by atoms with Crippen LogP contribution in [0.15, 0.2) is 59.5 Å². The van der Waals surface area contributed by atoms with Crippen molar-refractivity contribution in [2.24, 2.45) is 0 Å². The van der Waals surface area contributed by atoms with Crippen LogP contribution in [0.4, 0.5) is 0 Å². The average Bonchev–Trinajstić information content (AvgIpc) is 3.09. The van der Waals surface area contributed by atoms with E-state index in [1.807, 2.05) is 48.5 Å². The van der Waals surface area contributed by atoms with Crippen molar-refractivity contribution in [3.8, 4) is 5.69 Å². The van der Waals surface area contributed by atoms with E-state index in [-0.39, 0.29) is 5.91 Å². The molecule has 0 saturated carbocycles. The Morgan fingerprint density at radius 3 is 2.65 bits per heavy atom. The second-order valence-corrected chi connectivity index (χ2v) is 5.72. The number of para-hydroxylation sites is 1. The Balaban J connectivity index is 1.81. The molecule has 3 aromatic rings. The Bertz CT molecular complexity index is 803. The number of aromatic nitrogens is 4. The Morgan fingerprint density at radius 2 is 1.87 bits per heavy atom. The van der Waals surface area contributed by atoms with Crippen molar-refractivity contribution in [2.75, 3.05) is 7.05 Å². The Morgan fingerprint density at radius 1 is 1.13 bits per heavy atom. The smallest absolute Gasteiger partial charge is 0.252 e. The maximum absolute atomic E-state index is 11.9. The van der Waals surface area contributed by atoms with Crippen LogP contribution < -0.4 is 5.32 Å². The molecule has 1 heterocycles. The van der Waals surface area contributed by atoms with E-state index in [9.17, 15) is 4.79 Å². The Labute approximate surface area is 137 Å². The fraction of sp³-hybridized carbons (Fsp3) is 0.125. The number of hydrogen-bond donors (Lipinski definition) is 1. The van der Waals surface area contributed by atoms with Gasteiger partial charge in [-0.05, 0) is 34.7 Å². The molecule has 0 radical (unpaired) electrons. The maximum atomic E-state index is 11.9. The first-order chi connectivity index (χ1) is 11.3. The van der Waals surface area contributed by atoms with Gasteiger partial charge in [-0.3, -0.25) is 4.79 Å². The zero-order valence-corrected chi connectivity index (χ0v) is 13.3. The quantitative estimate of drug-likeness (QED) is 0.729. The third kappa shape index (κ3) is 3.40. The van der Waals surface area contributed by atoms with Crippen LogP contribution in [0, 0.1) is 0 Å². The number of amides is 1. The highest BCUT2D eigenvalue weighted by Crippen LogP contribution is 2.26. The van der Waals surface area contributed by atoms with E-state index in [1.165, 1.54) is 11.8 Å². The molecule has 116 valence electrons. The molecule has 0 bridgehead atoms. The van der Waals surface area contributed by atoms with Crippen LogP contribution in [-0.4, -0.2) is 33.2 Å². The highest BCUT2D eigenvalue weighted by molar-refractivity contribution is 7.98. The van der Waals surface area contributed by atoms with Gasteiger partial charge in [-0.15, -0.1) is 16.9 Å². The number of rotatable bonds is 5. The van der Waals surface area contributed by atoms with Crippen molar-refractivity contribution in [1.29, 1.82) is 0 Å². The molecule has 1 N–H and O–H groups in total. The van der Waals surface area contributed by atoms with Crippen LogP contribution in [0.3, 0.4) is 0 Å². The lowest BCUT2D eigenvalue weighted by Crippen LogP contribution is -2.18. The highest BCUT2D eigenvalue weighted by atomic mass is 32.2. The highest BCUT2D eigenvalue weighted by Gasteiger charge is 2.13. The van der Waals surface area contributed by atoms with E-state index in [2.05, 4.69) is 20.8 Å². The molecular weight excluding hydrogens is 310 g/mol. The third-order valence-electron chi connectivity index (χ3n) is 3.25. The summed E-state index contributed by atoms with van der Waals surface area (Å²) < 4.78 is 1.70. The molecule has 0 aliphatic carbocycles. The molecule has 0 atom stereocenters. The molecule has 1 amide bonds. The lowest BCUT2D eigenvalue weighted by atomic mass is 10.2. The Kier molecular flexibility index (Phi) is 4.68. The molecule has 1 aromatic heterocycles. The minimum atomic E-state index is -0.101. The van der Waals surface area contributed by atoms with Crippen molar-refractivity contribution in [2.45, 2.75) is 10.6 Å². The number of nitrogens with one attached hydrogen (secondary N) is 1. The van der Waals surface area contributed by atoms with Crippen LogP contribution in [0.5, 0.6) is 0 Å². The molecule has 3 rings (SSSR count). The maximum Gasteiger partial charge on any atom is 0.252 e. The summed E-state index contributed by atoms with van der Waals surface area (Å²) in [4.78, 5) is 12.8. The fourth-order valence-electron chi connectivity index (χ4n) is 2.12. The van der Waals surface area contributed by atoms with Gasteiger partial charge in [0.05, 0.1) is 17.0 Å². The van der Waals surface area contributed by atoms with Crippen molar-refractivity contribution in [1.82, 2.24) is 25.5 Å². The lowest BCUT2D eigenvalue weighted by Gasteiger charge is -2.08. The van der Waals surface area contributed by atoms with Crippen molar-refractivity contribution >= 4 is 17.7 Å². The summed E-state index contributed by atoms with van der Waals surface area (Å²) in [6.07, 6.45) is 0. The monoisotopic (exact) mass is 325 g/mol. The second-order valence-electron chi connectivity index (χ2n) is 4.71. The molecule has 0 unspecified atom stereocenters. The summed E-state index contributed by atoms with van der Waals surface area (Å²) in [5.41, 5.74) is 1.56. The second kappa shape index (κ2) is 7.06. The number of nitrogens with zero attached hydrogens (tertiary/aromatic N) is 4. The van der Waals surface area contributed by atoms with E-state index in [4.69, 9.17) is 0 Å². The Hall–Kier alpha value is -2.67. The van der Waals surface area contributed by atoms with Gasteiger partial charge >= 0.3 is 0 Å². The summed E-state index contributed by atoms with van der Waals surface area (Å²) in [6.45, 7) is 0. The number of thioether (sulfide) groups is 1. The van der Waals surface area contributed by atoms with Gasteiger partial charge in [0.25, 0.3) is 5.91 Å². The molecule has 0 aliphatic heterocycles. The number of carbonyl (C=O) groups excluding carboxylic acids is 1. The van der Waals surface area contributed by atoms with Crippen LogP contribution in [0.1, 0.15) is 16.2 Å². The van der Waals surface area contributed by atoms with Gasteiger partial charge in [0.15, 0.2) is 5.82 Å². The molecule has 7 heteroatoms. The summed E-state index contributed by atoms with van der Waals surface area (Å²) in [6, 6.07) is 17.2. The number of benzene rings is 2. The summed E-state index contributed by atoms with van der Waals surface area (Å²) >= 11 is 1.53. The van der Waals surface area contributed by atoms with Crippen molar-refractivity contribution < 1.29 is 4.79 Å². The van der Waals surface area contributed by atoms with E-state index in [0.717, 1.165) is 16.4 Å². The number of tetrazole rings is 1. The van der Waals surface area contributed by atoms with Gasteiger partial charge in [-0.2, -0.15) is 4.68 Å². The zero-order valence-electron chi connectivity index (χ0n) is 12.5. The summed E-state index contributed by atoms with van der Waals surface area (Å²) in [7, 11) is 1.62. The van der Waals surface area contributed by atoms with Crippen molar-refractivity contribution in [3.05, 3.63) is 66.0 Å². The third-order valence-corrected chi connectivity index (χ3v) is 4.32. The summed E-state index contributed by atoms with van der Waals surface area (Å²) in [5.74, 6) is 1.19. The van der Waals surface area contributed by atoms with Gasteiger partial charge in [-0.25, -0.2) is 0 Å². The lowest BCUT2D eigenvalue weighted by molar-refractivity contribution is 0.0960. The molecule has 0 saturated heterocycles. The standard InChI is InChI=1S/C16H15N5OS/c1-17-16(22)13-9-5-6-10-14(13)23-11-15-18-19-20-21(15)12-7-3-2-4-8-12/h2-10H,11H2,1H3,(H,17,22). The molecular formula is C16H15N5OS. The molecule has 0 aliphatic rings. The molecule has 6 nitrogen and oxygen atoms in total. The predicted molar refractivity (Wildman–Crippen MR) is 88.5 cm³/mol. The van der Waals surface area contributed by atoms with Gasteiger partial charge in [-0.1, -0.05) is 30.3 Å². The minimum Gasteiger partial charge on any atom is -0.355 e. The predicted octanol–water partition coefficient (Wildman–Crippen LogP) is 2.31. The van der Waals surface area contributed by atoms with Crippen LogP contribution in [0.2, 0.25) is 0 Å². The number of carbonyl (C=O) groups is 1. The largest absolute Gasteiger partial charge is 0.355 e. The first kappa shape index (κ1) is 15.2. The normalized spacial score (nSPS) is 10.5. The van der Waals surface area contributed by atoms with Gasteiger partial charge in [0.1, 0.15) is 0 Å². The molecule has 2 aromatic carbocycles. The molecule has 0 spiro atoms. The van der Waals surface area contributed by atoms with E-state index in [1.54, 1.807) is 17.8 Å². The molecule has 0 fully saturated rings. The fourth-order valence-corrected chi connectivity index (χ4v) is 3.08. The first-order valence-electron chi connectivity index (χ1n) is 7.06.